The van der Waals surface area contributed by atoms with E-state index in [4.69, 9.17) is 0 Å². The lowest BCUT2D eigenvalue weighted by Gasteiger charge is -2.23. The van der Waals surface area contributed by atoms with Crippen molar-refractivity contribution in [3.8, 4) is 0 Å². The van der Waals surface area contributed by atoms with Gasteiger partial charge < -0.3 is 0 Å². The van der Waals surface area contributed by atoms with Crippen molar-refractivity contribution in [3.05, 3.63) is 11.6 Å². The molecule has 0 aliphatic heterocycles. The molecule has 0 aromatic heterocycles. The van der Waals surface area contributed by atoms with Crippen LogP contribution in [0, 0.1) is 29.6 Å². The van der Waals surface area contributed by atoms with Crippen LogP contribution in [0.15, 0.2) is 11.6 Å². The van der Waals surface area contributed by atoms with Crippen LogP contribution in [0.2, 0.25) is 0 Å². The van der Waals surface area contributed by atoms with Crippen molar-refractivity contribution in [1.82, 2.24) is 0 Å². The van der Waals surface area contributed by atoms with E-state index in [-0.39, 0.29) is 0 Å². The van der Waals surface area contributed by atoms with Gasteiger partial charge in [-0.2, -0.15) is 0 Å². The second-order valence-electron chi connectivity index (χ2n) is 5.07. The molecule has 1 rings (SSSR count). The molecule has 0 N–H and O–H groups in total. The normalized spacial score (nSPS) is 35.2. The Kier molecular flexibility index (Phi) is 3.21. The first kappa shape index (κ1) is 10.8. The minimum atomic E-state index is 0.820. The average molecular weight is 180 g/mol. The standard InChI is InChI=1S/C13H24/c1-7-12-11(6)13(12)10(5)9(4)8(2)3/h7-11,13H,1-6H3. The van der Waals surface area contributed by atoms with Crippen molar-refractivity contribution in [2.45, 2.75) is 41.5 Å². The smallest absolute Gasteiger partial charge is 0.0109 e. The SMILES string of the molecule is CC=C1C(C)C1C(C)C(C)C(C)C. The van der Waals surface area contributed by atoms with E-state index in [1.165, 1.54) is 0 Å². The Morgan fingerprint density at radius 2 is 1.69 bits per heavy atom. The summed E-state index contributed by atoms with van der Waals surface area (Å²) in [5.74, 6) is 4.29. The average Bonchev–Trinajstić information content (AvgIpc) is 2.73. The molecule has 1 saturated carbocycles. The Hall–Kier alpha value is -0.260. The van der Waals surface area contributed by atoms with Crippen LogP contribution in [0.4, 0.5) is 0 Å². The third-order valence-electron chi connectivity index (χ3n) is 4.12. The number of allylic oxidation sites excluding steroid dienone is 2. The highest BCUT2D eigenvalue weighted by atomic mass is 14.5. The van der Waals surface area contributed by atoms with E-state index in [0.717, 1.165) is 29.6 Å². The molecule has 0 nitrogen and oxygen atoms in total. The third-order valence-corrected chi connectivity index (χ3v) is 4.12. The molecule has 1 fully saturated rings. The van der Waals surface area contributed by atoms with E-state index in [9.17, 15) is 0 Å². The molecule has 0 spiro atoms. The van der Waals surface area contributed by atoms with Gasteiger partial charge in [-0.3, -0.25) is 0 Å². The second kappa shape index (κ2) is 3.86. The van der Waals surface area contributed by atoms with Gasteiger partial charge in [-0.25, -0.2) is 0 Å². The molecular formula is C13H24. The van der Waals surface area contributed by atoms with Crippen molar-refractivity contribution < 1.29 is 0 Å². The summed E-state index contributed by atoms with van der Waals surface area (Å²) in [5, 5.41) is 0. The molecule has 0 heteroatoms. The van der Waals surface area contributed by atoms with Crippen molar-refractivity contribution in [2.75, 3.05) is 0 Å². The van der Waals surface area contributed by atoms with Gasteiger partial charge in [0.1, 0.15) is 0 Å². The Morgan fingerprint density at radius 1 is 1.15 bits per heavy atom. The monoisotopic (exact) mass is 180 g/mol. The summed E-state index contributed by atoms with van der Waals surface area (Å²) in [4.78, 5) is 0. The Labute approximate surface area is 83.4 Å². The Morgan fingerprint density at radius 3 is 2.00 bits per heavy atom. The highest BCUT2D eigenvalue weighted by Gasteiger charge is 2.44. The van der Waals surface area contributed by atoms with Crippen LogP contribution in [-0.4, -0.2) is 0 Å². The van der Waals surface area contributed by atoms with Crippen molar-refractivity contribution in [3.63, 3.8) is 0 Å². The first-order valence-corrected chi connectivity index (χ1v) is 5.66. The molecule has 0 saturated heterocycles. The van der Waals surface area contributed by atoms with E-state index in [2.05, 4.69) is 47.6 Å². The lowest BCUT2D eigenvalue weighted by Crippen LogP contribution is -2.16. The number of rotatable bonds is 3. The third kappa shape index (κ3) is 1.98. The van der Waals surface area contributed by atoms with E-state index in [0.29, 0.717) is 0 Å². The maximum Gasteiger partial charge on any atom is -0.0109 e. The van der Waals surface area contributed by atoms with Crippen LogP contribution in [0.3, 0.4) is 0 Å². The summed E-state index contributed by atoms with van der Waals surface area (Å²) in [6.07, 6.45) is 2.32. The molecule has 0 bridgehead atoms. The fraction of sp³-hybridized carbons (Fsp3) is 0.846. The van der Waals surface area contributed by atoms with Crippen molar-refractivity contribution in [2.24, 2.45) is 29.6 Å². The summed E-state index contributed by atoms with van der Waals surface area (Å²) in [5.41, 5.74) is 1.69. The maximum atomic E-state index is 2.42. The van der Waals surface area contributed by atoms with Crippen LogP contribution in [0.1, 0.15) is 41.5 Å². The van der Waals surface area contributed by atoms with Gasteiger partial charge in [0, 0.05) is 0 Å². The Bertz CT molecular complexity index is 200. The lowest BCUT2D eigenvalue weighted by atomic mass is 9.82. The van der Waals surface area contributed by atoms with Gasteiger partial charge in [0.2, 0.25) is 0 Å². The molecule has 4 atom stereocenters. The Balaban J connectivity index is 2.56. The zero-order chi connectivity index (χ0) is 10.2. The van der Waals surface area contributed by atoms with Gasteiger partial charge in [0.15, 0.2) is 0 Å². The largest absolute Gasteiger partial charge is 0.0879 e. The number of hydrogen-bond donors (Lipinski definition) is 0. The molecule has 0 amide bonds. The zero-order valence-corrected chi connectivity index (χ0v) is 9.96. The van der Waals surface area contributed by atoms with Gasteiger partial charge in [0.25, 0.3) is 0 Å². The van der Waals surface area contributed by atoms with Gasteiger partial charge in [-0.05, 0) is 36.5 Å². The van der Waals surface area contributed by atoms with Crippen molar-refractivity contribution >= 4 is 0 Å². The quantitative estimate of drug-likeness (QED) is 0.573. The van der Waals surface area contributed by atoms with Crippen LogP contribution < -0.4 is 0 Å². The van der Waals surface area contributed by atoms with Gasteiger partial charge in [0.05, 0.1) is 0 Å². The predicted molar refractivity (Wildman–Crippen MR) is 59.6 cm³/mol. The fourth-order valence-electron chi connectivity index (χ4n) is 2.60. The second-order valence-corrected chi connectivity index (χ2v) is 5.07. The molecule has 76 valence electrons. The summed E-state index contributed by atoms with van der Waals surface area (Å²) in [6, 6.07) is 0. The van der Waals surface area contributed by atoms with E-state index < -0.39 is 0 Å². The first-order chi connectivity index (χ1) is 6.00. The topological polar surface area (TPSA) is 0 Å². The lowest BCUT2D eigenvalue weighted by molar-refractivity contribution is 0.265. The molecule has 1 aliphatic carbocycles. The maximum absolute atomic E-state index is 2.42. The molecular weight excluding hydrogens is 156 g/mol. The van der Waals surface area contributed by atoms with Gasteiger partial charge in [-0.15, -0.1) is 0 Å². The molecule has 0 aromatic carbocycles. The molecule has 0 heterocycles. The van der Waals surface area contributed by atoms with Crippen LogP contribution in [0.25, 0.3) is 0 Å². The number of hydrogen-bond acceptors (Lipinski definition) is 0. The summed E-state index contributed by atoms with van der Waals surface area (Å²) < 4.78 is 0. The summed E-state index contributed by atoms with van der Waals surface area (Å²) >= 11 is 0. The highest BCUT2D eigenvalue weighted by Crippen LogP contribution is 2.52. The van der Waals surface area contributed by atoms with Gasteiger partial charge >= 0.3 is 0 Å². The van der Waals surface area contributed by atoms with Gasteiger partial charge in [-0.1, -0.05) is 46.3 Å². The fourth-order valence-corrected chi connectivity index (χ4v) is 2.60. The van der Waals surface area contributed by atoms with E-state index in [1.54, 1.807) is 5.57 Å². The van der Waals surface area contributed by atoms with E-state index in [1.807, 2.05) is 0 Å². The summed E-state index contributed by atoms with van der Waals surface area (Å²) in [7, 11) is 0. The summed E-state index contributed by atoms with van der Waals surface area (Å²) in [6.45, 7) is 14.0. The minimum Gasteiger partial charge on any atom is -0.0879 e. The molecule has 13 heavy (non-hydrogen) atoms. The molecule has 4 unspecified atom stereocenters. The molecule has 0 aromatic rings. The van der Waals surface area contributed by atoms with Crippen molar-refractivity contribution in [1.29, 1.82) is 0 Å². The predicted octanol–water partition coefficient (Wildman–Crippen LogP) is 4.13. The minimum absolute atomic E-state index is 0.820. The van der Waals surface area contributed by atoms with Crippen LogP contribution >= 0.6 is 0 Å². The molecule has 0 radical (unpaired) electrons. The van der Waals surface area contributed by atoms with Crippen LogP contribution in [0.5, 0.6) is 0 Å². The molecule has 1 aliphatic rings. The first-order valence-electron chi connectivity index (χ1n) is 5.66. The zero-order valence-electron chi connectivity index (χ0n) is 9.96. The highest BCUT2D eigenvalue weighted by molar-refractivity contribution is 5.28. The van der Waals surface area contributed by atoms with Crippen LogP contribution in [-0.2, 0) is 0 Å². The van der Waals surface area contributed by atoms with E-state index >= 15 is 0 Å².